The Morgan fingerprint density at radius 1 is 1.02 bits per heavy atom. The number of pyridine rings is 1. The zero-order chi connectivity index (χ0) is 28.8. The fraction of sp³-hybridized carbons (Fsp3) is 0.433. The van der Waals surface area contributed by atoms with Gasteiger partial charge in [0.1, 0.15) is 12.4 Å². The van der Waals surface area contributed by atoms with E-state index in [1.165, 1.54) is 6.92 Å². The van der Waals surface area contributed by atoms with Crippen LogP contribution in [0.2, 0.25) is 0 Å². The zero-order valence-electron chi connectivity index (χ0n) is 24.0. The van der Waals surface area contributed by atoms with Gasteiger partial charge in [-0.2, -0.15) is 0 Å². The van der Waals surface area contributed by atoms with Crippen LogP contribution in [0.5, 0.6) is 0 Å². The molecule has 0 aliphatic carbocycles. The second kappa shape index (κ2) is 13.0. The monoisotopic (exact) mass is 558 g/mol. The van der Waals surface area contributed by atoms with Crippen LogP contribution >= 0.6 is 0 Å². The number of hydrogen-bond acceptors (Lipinski definition) is 10. The summed E-state index contributed by atoms with van der Waals surface area (Å²) in [5.74, 6) is 1.13. The zero-order valence-corrected chi connectivity index (χ0v) is 24.0. The molecule has 1 aromatic carbocycles. The second-order valence-electron chi connectivity index (χ2n) is 10.7. The molecular formula is C30H38N8O3. The molecule has 5 aliphatic rings. The maximum absolute atomic E-state index is 13.2. The lowest BCUT2D eigenvalue weighted by molar-refractivity contribution is -0.144. The third-order valence-corrected chi connectivity index (χ3v) is 7.60. The number of nitrogens with zero attached hydrogens (tertiary/aromatic N) is 7. The van der Waals surface area contributed by atoms with Crippen molar-refractivity contribution in [3.8, 4) is 11.3 Å². The van der Waals surface area contributed by atoms with Crippen molar-refractivity contribution in [2.75, 3.05) is 70.2 Å². The van der Waals surface area contributed by atoms with Crippen LogP contribution in [0, 0.1) is 0 Å². The Morgan fingerprint density at radius 3 is 2.68 bits per heavy atom. The van der Waals surface area contributed by atoms with Crippen LogP contribution in [0.1, 0.15) is 18.9 Å². The minimum absolute atomic E-state index is 0.0657. The lowest BCUT2D eigenvalue weighted by Crippen LogP contribution is -2.57. The first-order valence-electron chi connectivity index (χ1n) is 14.0. The molecule has 1 fully saturated rings. The molecule has 1 saturated heterocycles. The first kappa shape index (κ1) is 28.4. The van der Waals surface area contributed by atoms with Crippen LogP contribution in [0.25, 0.3) is 11.3 Å². The number of ether oxygens (including phenoxy) is 1. The summed E-state index contributed by atoms with van der Waals surface area (Å²) in [5, 5.41) is 3.34. The van der Waals surface area contributed by atoms with E-state index in [2.05, 4.69) is 42.1 Å². The van der Waals surface area contributed by atoms with Crippen molar-refractivity contribution in [2.45, 2.75) is 25.9 Å². The average molecular weight is 559 g/mol. The minimum atomic E-state index is -0.312. The van der Waals surface area contributed by atoms with Crippen molar-refractivity contribution >= 4 is 29.3 Å². The van der Waals surface area contributed by atoms with E-state index in [4.69, 9.17) is 9.72 Å². The molecule has 0 spiro atoms. The van der Waals surface area contributed by atoms with Crippen molar-refractivity contribution < 1.29 is 14.3 Å². The molecule has 5 aliphatic heterocycles. The first-order valence-corrected chi connectivity index (χ1v) is 14.0. The summed E-state index contributed by atoms with van der Waals surface area (Å²) in [7, 11) is 3.86. The van der Waals surface area contributed by atoms with Gasteiger partial charge in [-0.05, 0) is 42.3 Å². The van der Waals surface area contributed by atoms with Gasteiger partial charge in [-0.3, -0.25) is 19.4 Å². The third kappa shape index (κ3) is 7.56. The minimum Gasteiger partial charge on any atom is -0.464 e. The van der Waals surface area contributed by atoms with E-state index in [0.29, 0.717) is 32.1 Å². The van der Waals surface area contributed by atoms with Crippen molar-refractivity contribution in [1.29, 1.82) is 0 Å². The molecule has 1 N–H and O–H groups in total. The fourth-order valence-corrected chi connectivity index (χ4v) is 5.24. The number of amides is 1. The number of nitrogens with one attached hydrogen (secondary N) is 1. The van der Waals surface area contributed by atoms with Gasteiger partial charge in [-0.1, -0.05) is 12.1 Å². The van der Waals surface area contributed by atoms with Gasteiger partial charge in [-0.25, -0.2) is 15.0 Å². The van der Waals surface area contributed by atoms with Crippen LogP contribution in [0.4, 0.5) is 17.5 Å². The van der Waals surface area contributed by atoms with E-state index in [-0.39, 0.29) is 24.5 Å². The van der Waals surface area contributed by atoms with Crippen LogP contribution in [-0.2, 0) is 20.9 Å². The van der Waals surface area contributed by atoms with Crippen LogP contribution < -0.4 is 10.2 Å². The number of benzene rings is 1. The smallest absolute Gasteiger partial charge is 0.302 e. The largest absolute Gasteiger partial charge is 0.464 e. The summed E-state index contributed by atoms with van der Waals surface area (Å²) in [4.78, 5) is 46.9. The van der Waals surface area contributed by atoms with E-state index in [0.717, 1.165) is 54.4 Å². The maximum atomic E-state index is 13.2. The SMILES string of the molecule is CC(=O)OCC1CN2CCN1CC(=O)N(C)CCCN(C)c1ccc(cn1)-c1ccnc(n1)Nc1cccc(c1)C2. The molecule has 8 bridgehead atoms. The molecule has 0 radical (unpaired) electrons. The summed E-state index contributed by atoms with van der Waals surface area (Å²) < 4.78 is 5.41. The highest BCUT2D eigenvalue weighted by Gasteiger charge is 2.30. The molecule has 1 amide bonds. The Balaban J connectivity index is 1.40. The summed E-state index contributed by atoms with van der Waals surface area (Å²) in [5.41, 5.74) is 3.74. The quantitative estimate of drug-likeness (QED) is 0.472. The van der Waals surface area contributed by atoms with Gasteiger partial charge in [0.15, 0.2) is 0 Å². The van der Waals surface area contributed by atoms with E-state index >= 15 is 0 Å². The van der Waals surface area contributed by atoms with E-state index < -0.39 is 0 Å². The first-order chi connectivity index (χ1) is 19.8. The molecule has 0 saturated carbocycles. The molecule has 8 rings (SSSR count). The number of likely N-dealkylation sites (N-methyl/N-ethyl adjacent to an activating group) is 1. The van der Waals surface area contributed by atoms with Gasteiger partial charge < -0.3 is 19.9 Å². The highest BCUT2D eigenvalue weighted by molar-refractivity contribution is 5.78. The standard InChI is InChI=1S/C30H38N8O3/c1-22(39)41-21-26-19-37-14-15-38(26)20-29(40)36(3)13-5-12-35(2)28-9-8-24(17-32-28)27-10-11-31-30(34-27)33-25-7-4-6-23(16-25)18-37/h4,6-11,16-17,26H,5,12-15,18-21H2,1-3H3,(H,31,33,34). The number of hydrogen-bond donors (Lipinski definition) is 1. The average Bonchev–Trinajstić information content (AvgIpc) is 2.97. The van der Waals surface area contributed by atoms with Crippen LogP contribution in [0.3, 0.4) is 0 Å². The van der Waals surface area contributed by atoms with Crippen molar-refractivity contribution in [2.24, 2.45) is 0 Å². The number of esters is 1. The van der Waals surface area contributed by atoms with Crippen molar-refractivity contribution in [1.82, 2.24) is 29.7 Å². The third-order valence-electron chi connectivity index (χ3n) is 7.60. The maximum Gasteiger partial charge on any atom is 0.302 e. The molecule has 41 heavy (non-hydrogen) atoms. The summed E-state index contributed by atoms with van der Waals surface area (Å²) in [6.45, 7) is 6.34. The Kier molecular flexibility index (Phi) is 9.05. The molecular weight excluding hydrogens is 520 g/mol. The molecule has 11 heteroatoms. The van der Waals surface area contributed by atoms with E-state index in [9.17, 15) is 9.59 Å². The van der Waals surface area contributed by atoms with Crippen LogP contribution in [0.15, 0.2) is 54.9 Å². The summed E-state index contributed by atoms with van der Waals surface area (Å²) in [6.07, 6.45) is 4.39. The lowest BCUT2D eigenvalue weighted by Gasteiger charge is -2.41. The normalized spacial score (nSPS) is 21.8. The van der Waals surface area contributed by atoms with Gasteiger partial charge in [0.2, 0.25) is 11.9 Å². The van der Waals surface area contributed by atoms with Crippen molar-refractivity contribution in [3.63, 3.8) is 0 Å². The van der Waals surface area contributed by atoms with Gasteiger partial charge in [0.05, 0.1) is 18.3 Å². The van der Waals surface area contributed by atoms with Crippen LogP contribution in [-0.4, -0.2) is 108 Å². The Morgan fingerprint density at radius 2 is 1.88 bits per heavy atom. The second-order valence-corrected chi connectivity index (χ2v) is 10.7. The molecule has 7 heterocycles. The number of rotatable bonds is 2. The highest BCUT2D eigenvalue weighted by Crippen LogP contribution is 2.22. The van der Waals surface area contributed by atoms with Gasteiger partial charge in [0, 0.05) is 83.9 Å². The lowest BCUT2D eigenvalue weighted by atomic mass is 10.1. The summed E-state index contributed by atoms with van der Waals surface area (Å²) in [6, 6.07) is 14.0. The molecule has 3 aromatic rings. The Labute approximate surface area is 241 Å². The Bertz CT molecular complexity index is 1350. The van der Waals surface area contributed by atoms with Crippen molar-refractivity contribution in [3.05, 3.63) is 60.4 Å². The number of carbonyl (C=O) groups excluding carboxylic acids is 2. The van der Waals surface area contributed by atoms with Gasteiger partial charge in [-0.15, -0.1) is 0 Å². The predicted molar refractivity (Wildman–Crippen MR) is 158 cm³/mol. The Hall–Kier alpha value is -4.09. The number of anilines is 3. The number of aromatic nitrogens is 3. The van der Waals surface area contributed by atoms with E-state index in [1.807, 2.05) is 50.6 Å². The van der Waals surface area contributed by atoms with Gasteiger partial charge in [0.25, 0.3) is 0 Å². The van der Waals surface area contributed by atoms with E-state index in [1.54, 1.807) is 11.1 Å². The fourth-order valence-electron chi connectivity index (χ4n) is 5.24. The molecule has 216 valence electrons. The number of piperazine rings is 1. The highest BCUT2D eigenvalue weighted by atomic mass is 16.5. The topological polar surface area (TPSA) is 107 Å². The molecule has 2 aromatic heterocycles. The van der Waals surface area contributed by atoms with Gasteiger partial charge >= 0.3 is 5.97 Å². The molecule has 11 nitrogen and oxygen atoms in total. The predicted octanol–water partition coefficient (Wildman–Crippen LogP) is 2.63. The summed E-state index contributed by atoms with van der Waals surface area (Å²) >= 11 is 0. The number of carbonyl (C=O) groups is 2. The molecule has 3 unspecified atom stereocenters. The molecule has 3 atom stereocenters.